The average molecular weight is 442 g/mol. The second-order valence-electron chi connectivity index (χ2n) is 8.39. The zero-order valence-electron chi connectivity index (χ0n) is 18.0. The minimum atomic E-state index is -0.919. The lowest BCUT2D eigenvalue weighted by atomic mass is 9.95. The van der Waals surface area contributed by atoms with Crippen LogP contribution >= 0.6 is 11.3 Å². The number of fused-ring (bicyclic) bond motifs is 2. The summed E-state index contributed by atoms with van der Waals surface area (Å²) in [7, 11) is 0. The van der Waals surface area contributed by atoms with Crippen LogP contribution in [-0.2, 0) is 22.4 Å². The van der Waals surface area contributed by atoms with E-state index in [0.717, 1.165) is 41.7 Å². The van der Waals surface area contributed by atoms with Gasteiger partial charge in [-0.3, -0.25) is 14.4 Å². The summed E-state index contributed by atoms with van der Waals surface area (Å²) in [6.45, 7) is 5.75. The van der Waals surface area contributed by atoms with Gasteiger partial charge in [-0.1, -0.05) is 6.07 Å². The van der Waals surface area contributed by atoms with Gasteiger partial charge in [-0.05, 0) is 69.7 Å². The molecule has 0 fully saturated rings. The van der Waals surface area contributed by atoms with Crippen LogP contribution in [-0.4, -0.2) is 29.9 Å². The summed E-state index contributed by atoms with van der Waals surface area (Å²) < 4.78 is 5.77. The number of aryl methyl sites for hydroxylation is 2. The van der Waals surface area contributed by atoms with Crippen molar-refractivity contribution in [3.05, 3.63) is 39.8 Å². The SMILES string of the molecule is Cc1ccc2c(c1)NC(=O)C(CC(=O)Nc1sc3c(c1C(=O)NC(C)C)CCCC3)O2. The summed E-state index contributed by atoms with van der Waals surface area (Å²) in [6, 6.07) is 5.51. The lowest BCUT2D eigenvalue weighted by Crippen LogP contribution is -2.39. The van der Waals surface area contributed by atoms with E-state index in [0.29, 0.717) is 22.0 Å². The van der Waals surface area contributed by atoms with Crippen LogP contribution in [0.3, 0.4) is 0 Å². The monoisotopic (exact) mass is 441 g/mol. The topological polar surface area (TPSA) is 96.5 Å². The van der Waals surface area contributed by atoms with Crippen LogP contribution in [0.2, 0.25) is 0 Å². The predicted molar refractivity (Wildman–Crippen MR) is 121 cm³/mol. The maximum Gasteiger partial charge on any atom is 0.266 e. The Bertz CT molecular complexity index is 1040. The standard InChI is InChI=1S/C23H27N3O4S/c1-12(2)24-22(29)20-14-6-4-5-7-18(14)31-23(20)26-19(27)11-17-21(28)25-15-10-13(3)8-9-16(15)30-17/h8-10,12,17H,4-7,11H2,1-3H3,(H,24,29)(H,25,28)(H,26,27). The van der Waals surface area contributed by atoms with E-state index in [2.05, 4.69) is 16.0 Å². The van der Waals surface area contributed by atoms with E-state index in [9.17, 15) is 14.4 Å². The molecule has 1 aromatic heterocycles. The van der Waals surface area contributed by atoms with Crippen molar-refractivity contribution in [2.75, 3.05) is 10.6 Å². The van der Waals surface area contributed by atoms with E-state index in [1.165, 1.54) is 11.3 Å². The lowest BCUT2D eigenvalue weighted by Gasteiger charge is -2.25. The van der Waals surface area contributed by atoms with Crippen LogP contribution in [0.25, 0.3) is 0 Å². The first-order valence-electron chi connectivity index (χ1n) is 10.6. The van der Waals surface area contributed by atoms with Gasteiger partial charge < -0.3 is 20.7 Å². The number of rotatable bonds is 5. The third kappa shape index (κ3) is 4.58. The number of thiophene rings is 1. The highest BCUT2D eigenvalue weighted by molar-refractivity contribution is 7.17. The summed E-state index contributed by atoms with van der Waals surface area (Å²) in [5.74, 6) is -0.323. The van der Waals surface area contributed by atoms with Crippen molar-refractivity contribution in [2.45, 2.75) is 65.0 Å². The molecule has 1 atom stereocenters. The van der Waals surface area contributed by atoms with Crippen LogP contribution in [0, 0.1) is 6.92 Å². The molecule has 3 amide bonds. The lowest BCUT2D eigenvalue weighted by molar-refractivity contribution is -0.128. The van der Waals surface area contributed by atoms with Gasteiger partial charge in [0, 0.05) is 10.9 Å². The Morgan fingerprint density at radius 3 is 2.81 bits per heavy atom. The molecule has 2 heterocycles. The van der Waals surface area contributed by atoms with E-state index in [1.54, 1.807) is 6.07 Å². The first-order valence-corrected chi connectivity index (χ1v) is 11.5. The number of carbonyl (C=O) groups is 3. The first kappa shape index (κ1) is 21.4. The molecule has 0 saturated carbocycles. The number of nitrogens with one attached hydrogen (secondary N) is 3. The van der Waals surface area contributed by atoms with E-state index in [-0.39, 0.29) is 30.2 Å². The summed E-state index contributed by atoms with van der Waals surface area (Å²) in [6.07, 6.45) is 2.83. The highest BCUT2D eigenvalue weighted by Crippen LogP contribution is 2.38. The van der Waals surface area contributed by atoms with Crippen molar-refractivity contribution in [2.24, 2.45) is 0 Å². The van der Waals surface area contributed by atoms with Crippen molar-refractivity contribution in [1.29, 1.82) is 0 Å². The summed E-state index contributed by atoms with van der Waals surface area (Å²) in [5, 5.41) is 9.19. The molecular formula is C23H27N3O4S. The van der Waals surface area contributed by atoms with Crippen LogP contribution in [0.15, 0.2) is 18.2 Å². The van der Waals surface area contributed by atoms with Gasteiger partial charge in [0.05, 0.1) is 17.7 Å². The number of hydrogen-bond donors (Lipinski definition) is 3. The van der Waals surface area contributed by atoms with Crippen molar-refractivity contribution in [3.63, 3.8) is 0 Å². The highest BCUT2D eigenvalue weighted by atomic mass is 32.1. The van der Waals surface area contributed by atoms with E-state index < -0.39 is 6.10 Å². The molecule has 1 aliphatic carbocycles. The Balaban J connectivity index is 1.51. The van der Waals surface area contributed by atoms with Crippen LogP contribution in [0.1, 0.15) is 59.5 Å². The van der Waals surface area contributed by atoms with Crippen molar-refractivity contribution in [3.8, 4) is 5.75 Å². The first-order chi connectivity index (χ1) is 14.8. The van der Waals surface area contributed by atoms with E-state index in [4.69, 9.17) is 4.74 Å². The molecule has 0 saturated heterocycles. The summed E-state index contributed by atoms with van der Waals surface area (Å²) in [4.78, 5) is 39.3. The highest BCUT2D eigenvalue weighted by Gasteiger charge is 2.31. The number of amides is 3. The Hall–Kier alpha value is -2.87. The number of ether oxygens (including phenoxy) is 1. The van der Waals surface area contributed by atoms with Gasteiger partial charge in [-0.2, -0.15) is 0 Å². The van der Waals surface area contributed by atoms with Gasteiger partial charge in [0.15, 0.2) is 6.10 Å². The molecule has 4 rings (SSSR count). The van der Waals surface area contributed by atoms with Crippen LogP contribution < -0.4 is 20.7 Å². The van der Waals surface area contributed by atoms with Gasteiger partial charge in [-0.15, -0.1) is 11.3 Å². The number of carbonyl (C=O) groups excluding carboxylic acids is 3. The summed E-state index contributed by atoms with van der Waals surface area (Å²) >= 11 is 1.46. The molecule has 2 aromatic rings. The molecule has 1 aromatic carbocycles. The van der Waals surface area contributed by atoms with Gasteiger partial charge in [-0.25, -0.2) is 0 Å². The fourth-order valence-corrected chi connectivity index (χ4v) is 5.28. The van der Waals surface area contributed by atoms with Gasteiger partial charge in [0.2, 0.25) is 5.91 Å². The molecule has 164 valence electrons. The predicted octanol–water partition coefficient (Wildman–Crippen LogP) is 3.80. The van der Waals surface area contributed by atoms with Gasteiger partial charge >= 0.3 is 0 Å². The molecule has 8 heteroatoms. The van der Waals surface area contributed by atoms with Crippen LogP contribution in [0.5, 0.6) is 5.75 Å². The largest absolute Gasteiger partial charge is 0.478 e. The smallest absolute Gasteiger partial charge is 0.266 e. The van der Waals surface area contributed by atoms with Crippen molar-refractivity contribution >= 4 is 39.7 Å². The third-order valence-corrected chi connectivity index (χ3v) is 6.60. The zero-order valence-corrected chi connectivity index (χ0v) is 18.8. The number of hydrogen-bond acceptors (Lipinski definition) is 5. The molecule has 1 aliphatic heterocycles. The summed E-state index contributed by atoms with van der Waals surface area (Å²) in [5.41, 5.74) is 3.23. The van der Waals surface area contributed by atoms with E-state index in [1.807, 2.05) is 32.9 Å². The second-order valence-corrected chi connectivity index (χ2v) is 9.50. The molecule has 2 aliphatic rings. The van der Waals surface area contributed by atoms with Crippen molar-refractivity contribution < 1.29 is 19.1 Å². The maximum absolute atomic E-state index is 12.9. The quantitative estimate of drug-likeness (QED) is 0.658. The molecular weight excluding hydrogens is 414 g/mol. The zero-order chi connectivity index (χ0) is 22.1. The van der Waals surface area contributed by atoms with E-state index >= 15 is 0 Å². The fraction of sp³-hybridized carbons (Fsp3) is 0.435. The Kier molecular flexibility index (Phi) is 6.00. The number of anilines is 2. The minimum absolute atomic E-state index is 0.00164. The average Bonchev–Trinajstić information content (AvgIpc) is 3.06. The molecule has 0 radical (unpaired) electrons. The fourth-order valence-electron chi connectivity index (χ4n) is 3.97. The number of benzene rings is 1. The van der Waals surface area contributed by atoms with Crippen molar-refractivity contribution in [1.82, 2.24) is 5.32 Å². The molecule has 7 nitrogen and oxygen atoms in total. The Morgan fingerprint density at radius 1 is 1.26 bits per heavy atom. The molecule has 1 unspecified atom stereocenters. The minimum Gasteiger partial charge on any atom is -0.478 e. The molecule has 0 bridgehead atoms. The maximum atomic E-state index is 12.9. The second kappa shape index (κ2) is 8.70. The molecule has 3 N–H and O–H groups in total. The van der Waals surface area contributed by atoms with Gasteiger partial charge in [0.1, 0.15) is 10.8 Å². The Labute approximate surface area is 185 Å². The third-order valence-electron chi connectivity index (χ3n) is 5.40. The molecule has 31 heavy (non-hydrogen) atoms. The Morgan fingerprint density at radius 2 is 2.03 bits per heavy atom. The molecule has 0 spiro atoms. The normalized spacial score (nSPS) is 17.3. The van der Waals surface area contributed by atoms with Crippen LogP contribution in [0.4, 0.5) is 10.7 Å². The van der Waals surface area contributed by atoms with Gasteiger partial charge in [0.25, 0.3) is 11.8 Å².